The predicted octanol–water partition coefficient (Wildman–Crippen LogP) is 8.26. The Morgan fingerprint density at radius 2 is 0.652 bits per heavy atom. The van der Waals surface area contributed by atoms with Gasteiger partial charge < -0.3 is 0 Å². The van der Waals surface area contributed by atoms with Crippen molar-refractivity contribution in [1.29, 1.82) is 0 Å². The van der Waals surface area contributed by atoms with Gasteiger partial charge in [0.05, 0.1) is 0 Å². The third kappa shape index (κ3) is 6.20. The van der Waals surface area contributed by atoms with Gasteiger partial charge in [0, 0.05) is 0 Å². The quantitative estimate of drug-likeness (QED) is 0.163. The van der Waals surface area contributed by atoms with Crippen LogP contribution in [-0.4, -0.2) is 21.7 Å². The molecule has 0 fully saturated rings. The molecule has 0 aliphatic carbocycles. The van der Waals surface area contributed by atoms with Crippen LogP contribution in [0.2, 0.25) is 31.3 Å². The standard InChI is InChI=1S/2C9H22As.2ClH.Pt/c2*1-4-7-10(8-5-2)9-6-3;;;/h2*10H,4-9H2,1-3H3;2*1H;/q2*+1;;;/p-2. The third-order valence-electron chi connectivity index (χ3n) is 4.94. The zero-order chi connectivity index (χ0) is 18.0. The summed E-state index contributed by atoms with van der Waals surface area (Å²) in [5, 5.41) is 8.81. The number of hydrogen-bond donors (Lipinski definition) is 0. The van der Waals surface area contributed by atoms with Crippen molar-refractivity contribution in [2.45, 2.75) is 111 Å². The normalized spacial score (nSPS) is 15.7. The van der Waals surface area contributed by atoms with Crippen molar-refractivity contribution < 1.29 is 9.42 Å². The van der Waals surface area contributed by atoms with Gasteiger partial charge in [0.25, 0.3) is 0 Å². The van der Waals surface area contributed by atoms with Crippen LogP contribution in [0.5, 0.6) is 0 Å². The Morgan fingerprint density at radius 1 is 0.478 bits per heavy atom. The predicted molar refractivity (Wildman–Crippen MR) is 117 cm³/mol. The van der Waals surface area contributed by atoms with Crippen LogP contribution >= 0.6 is 18.8 Å². The summed E-state index contributed by atoms with van der Waals surface area (Å²) in [6.45, 7) is 14.3. The molecule has 23 heavy (non-hydrogen) atoms. The zero-order valence-corrected chi connectivity index (χ0v) is 24.5. The molecular weight excluding hydrogens is 632 g/mol. The Balaban J connectivity index is 6.05. The second kappa shape index (κ2) is 12.7. The van der Waals surface area contributed by atoms with Crippen molar-refractivity contribution in [1.82, 2.24) is 0 Å². The first-order valence-corrected chi connectivity index (χ1v) is 37.6. The van der Waals surface area contributed by atoms with Gasteiger partial charge in [-0.25, -0.2) is 0 Å². The van der Waals surface area contributed by atoms with E-state index in [2.05, 4.69) is 41.5 Å². The van der Waals surface area contributed by atoms with E-state index in [0.717, 1.165) is 0 Å². The summed E-state index contributed by atoms with van der Waals surface area (Å²) in [4.78, 5) is 0. The van der Waals surface area contributed by atoms with E-state index in [1.54, 1.807) is 0 Å². The van der Waals surface area contributed by atoms with Gasteiger partial charge in [0.15, 0.2) is 0 Å². The number of hydrogen-bond acceptors (Lipinski definition) is 0. The third-order valence-corrected chi connectivity index (χ3v) is 178. The maximum absolute atomic E-state index is 7.77. The molecule has 0 atom stereocenters. The van der Waals surface area contributed by atoms with Crippen LogP contribution in [0.25, 0.3) is 0 Å². The van der Waals surface area contributed by atoms with E-state index in [0.29, 0.717) is 0 Å². The first kappa shape index (κ1) is 25.4. The van der Waals surface area contributed by atoms with Crippen molar-refractivity contribution in [2.75, 3.05) is 0 Å². The summed E-state index contributed by atoms with van der Waals surface area (Å²) in [7, 11) is 8.71. The van der Waals surface area contributed by atoms with Crippen LogP contribution in [-0.2, 0) is 9.42 Å². The molecule has 0 aliphatic rings. The van der Waals surface area contributed by atoms with Crippen molar-refractivity contribution in [2.24, 2.45) is 0 Å². The molecule has 0 rings (SSSR count). The molecular formula is C18H44As2Cl2Pt. The van der Waals surface area contributed by atoms with Crippen LogP contribution in [0, 0.1) is 0 Å². The van der Waals surface area contributed by atoms with E-state index in [4.69, 9.17) is 18.8 Å². The minimum atomic E-state index is -2.62. The average molecular weight is 676 g/mol. The fourth-order valence-electron chi connectivity index (χ4n) is 4.30. The molecule has 0 radical (unpaired) electrons. The molecule has 0 unspecified atom stereocenters. The van der Waals surface area contributed by atoms with Gasteiger partial charge >= 0.3 is 161 Å². The summed E-state index contributed by atoms with van der Waals surface area (Å²) in [6.07, 6.45) is 7.96. The van der Waals surface area contributed by atoms with Gasteiger partial charge in [0.1, 0.15) is 0 Å². The molecule has 0 aromatic carbocycles. The van der Waals surface area contributed by atoms with Crippen LogP contribution < -0.4 is 0 Å². The summed E-state index contributed by atoms with van der Waals surface area (Å²) in [5.41, 5.74) is 0. The molecule has 0 spiro atoms. The molecule has 0 N–H and O–H groups in total. The van der Waals surface area contributed by atoms with E-state index in [1.807, 2.05) is 0 Å². The molecule has 0 saturated heterocycles. The molecule has 0 heterocycles. The van der Waals surface area contributed by atoms with Crippen LogP contribution in [0.4, 0.5) is 0 Å². The summed E-state index contributed by atoms with van der Waals surface area (Å²) in [6, 6.07) is 0. The average Bonchev–Trinajstić information content (AvgIpc) is 2.48. The van der Waals surface area contributed by atoms with Crippen LogP contribution in [0.15, 0.2) is 0 Å². The van der Waals surface area contributed by atoms with Gasteiger partial charge in [0.2, 0.25) is 0 Å². The molecule has 0 amide bonds. The maximum atomic E-state index is 7.77. The van der Waals surface area contributed by atoms with Crippen molar-refractivity contribution in [3.05, 3.63) is 0 Å². The first-order valence-electron chi connectivity index (χ1n) is 9.92. The van der Waals surface area contributed by atoms with Gasteiger partial charge in [-0.2, -0.15) is 0 Å². The van der Waals surface area contributed by atoms with E-state index in [1.165, 1.54) is 69.8 Å². The molecule has 5 heteroatoms. The summed E-state index contributed by atoms with van der Waals surface area (Å²) >= 11 is 0. The van der Waals surface area contributed by atoms with Gasteiger partial charge in [-0.15, -0.1) is 0 Å². The van der Waals surface area contributed by atoms with Crippen LogP contribution in [0.3, 0.4) is 0 Å². The zero-order valence-electron chi connectivity index (χ0n) is 16.6. The molecule has 0 aromatic heterocycles. The van der Waals surface area contributed by atoms with E-state index >= 15 is 0 Å². The minimum absolute atomic E-state index is 1.33. The van der Waals surface area contributed by atoms with E-state index in [9.17, 15) is 0 Å². The van der Waals surface area contributed by atoms with Gasteiger partial charge in [-0.1, -0.05) is 0 Å². The molecule has 0 saturated carbocycles. The Kier molecular flexibility index (Phi) is 14.0. The van der Waals surface area contributed by atoms with Crippen molar-refractivity contribution in [3.8, 4) is 0 Å². The molecule has 0 bridgehead atoms. The Hall–Kier alpha value is 2.39. The fraction of sp³-hybridized carbons (Fsp3) is 1.00. The van der Waals surface area contributed by atoms with E-state index < -0.39 is 31.1 Å². The summed E-state index contributed by atoms with van der Waals surface area (Å²) in [5.74, 6) is 0. The molecule has 0 nitrogen and oxygen atoms in total. The summed E-state index contributed by atoms with van der Waals surface area (Å²) < 4.78 is 0. The topological polar surface area (TPSA) is 0 Å². The molecule has 0 aromatic rings. The van der Waals surface area contributed by atoms with Gasteiger partial charge in [-0.3, -0.25) is 0 Å². The monoisotopic (exact) mass is 675 g/mol. The molecule has 0 aliphatic heterocycles. The van der Waals surface area contributed by atoms with Crippen molar-refractivity contribution in [3.63, 3.8) is 0 Å². The van der Waals surface area contributed by atoms with Crippen molar-refractivity contribution >= 4 is 40.5 Å². The van der Waals surface area contributed by atoms with Crippen LogP contribution in [0.1, 0.15) is 80.1 Å². The Morgan fingerprint density at radius 3 is 0.783 bits per heavy atom. The van der Waals surface area contributed by atoms with E-state index in [-0.39, 0.29) is 0 Å². The first-order chi connectivity index (χ1) is 10.9. The Bertz CT molecular complexity index is 249. The Labute approximate surface area is 159 Å². The number of rotatable bonds is 14. The number of halogens is 2. The molecule has 150 valence electrons. The SMILES string of the molecule is CCC[AsH](CCC)(CCC)[Pt]([Cl])([Cl])[AsH](CCC)(CCC)CCC. The second-order valence-electron chi connectivity index (χ2n) is 7.03. The fourth-order valence-corrected chi connectivity index (χ4v) is 212. The second-order valence-corrected chi connectivity index (χ2v) is 98.4. The van der Waals surface area contributed by atoms with Gasteiger partial charge in [-0.05, 0) is 0 Å².